The molecule has 0 aliphatic heterocycles. The molecule has 0 radical (unpaired) electrons. The maximum Gasteiger partial charge on any atom is 0.320 e. The third-order valence-electron chi connectivity index (χ3n) is 2.29. The Kier molecular flexibility index (Phi) is 3.62. The zero-order valence-corrected chi connectivity index (χ0v) is 8.26. The molecule has 5 heteroatoms. The fourth-order valence-corrected chi connectivity index (χ4v) is 1.29. The fraction of sp³-hybridized carbons (Fsp3) is 0.500. The van der Waals surface area contributed by atoms with Gasteiger partial charge < -0.3 is 21.1 Å². The summed E-state index contributed by atoms with van der Waals surface area (Å²) in [6.45, 7) is 0. The van der Waals surface area contributed by atoms with Crippen molar-refractivity contribution in [1.29, 1.82) is 0 Å². The Hall–Kier alpha value is -1.17. The van der Waals surface area contributed by atoms with E-state index in [1.54, 1.807) is 12.2 Å². The minimum atomic E-state index is -1.77. The van der Waals surface area contributed by atoms with Gasteiger partial charge in [-0.1, -0.05) is 17.7 Å². The second-order valence-corrected chi connectivity index (χ2v) is 3.68. The van der Waals surface area contributed by atoms with Gasteiger partial charge in [0.2, 0.25) is 0 Å². The minimum Gasteiger partial charge on any atom is -0.480 e. The molecule has 0 spiro atoms. The molecule has 1 aliphatic rings. The van der Waals surface area contributed by atoms with Gasteiger partial charge in [-0.2, -0.15) is 0 Å². The summed E-state index contributed by atoms with van der Waals surface area (Å²) < 4.78 is 0. The number of aliphatic hydroxyl groups is 2. The summed E-state index contributed by atoms with van der Waals surface area (Å²) in [7, 11) is 0. The summed E-state index contributed by atoms with van der Waals surface area (Å²) in [5, 5.41) is 26.9. The van der Waals surface area contributed by atoms with Gasteiger partial charge in [0.05, 0.1) is 0 Å². The number of nitrogens with two attached hydrogens (primary N) is 1. The predicted molar refractivity (Wildman–Crippen MR) is 53.9 cm³/mol. The van der Waals surface area contributed by atoms with E-state index >= 15 is 0 Å². The van der Waals surface area contributed by atoms with Gasteiger partial charge in [0.15, 0.2) is 5.79 Å². The number of allylic oxidation sites excluding steroid dienone is 2. The molecule has 0 aromatic heterocycles. The molecule has 1 atom stereocenters. The molecule has 0 aromatic carbocycles. The van der Waals surface area contributed by atoms with Crippen molar-refractivity contribution in [3.05, 3.63) is 23.8 Å². The fourth-order valence-electron chi connectivity index (χ4n) is 1.29. The van der Waals surface area contributed by atoms with Crippen LogP contribution in [0.1, 0.15) is 19.3 Å². The van der Waals surface area contributed by atoms with Gasteiger partial charge in [-0.25, -0.2) is 0 Å². The quantitative estimate of drug-likeness (QED) is 0.482. The van der Waals surface area contributed by atoms with Gasteiger partial charge >= 0.3 is 5.97 Å². The number of hydrogen-bond donors (Lipinski definition) is 4. The first-order valence-corrected chi connectivity index (χ1v) is 4.72. The smallest absolute Gasteiger partial charge is 0.320 e. The van der Waals surface area contributed by atoms with Crippen LogP contribution in [-0.2, 0) is 4.79 Å². The van der Waals surface area contributed by atoms with E-state index in [-0.39, 0.29) is 6.42 Å². The molecule has 0 aromatic rings. The van der Waals surface area contributed by atoms with Crippen molar-refractivity contribution >= 4 is 5.97 Å². The Morgan fingerprint density at radius 3 is 2.73 bits per heavy atom. The molecule has 5 N–H and O–H groups in total. The molecule has 5 nitrogen and oxygen atoms in total. The SMILES string of the molecule is N[C@@H](CCC1=CCC(O)(O)C=C1)C(=O)O. The molecule has 84 valence electrons. The van der Waals surface area contributed by atoms with Crippen LogP contribution in [0.15, 0.2) is 23.8 Å². The highest BCUT2D eigenvalue weighted by Gasteiger charge is 2.21. The lowest BCUT2D eigenvalue weighted by molar-refractivity contribution is -0.138. The molecule has 0 heterocycles. The van der Waals surface area contributed by atoms with Crippen molar-refractivity contribution in [2.45, 2.75) is 31.1 Å². The molecular formula is C10H15NO4. The Morgan fingerprint density at radius 1 is 1.60 bits per heavy atom. The normalized spacial score (nSPS) is 20.9. The molecule has 0 saturated carbocycles. The van der Waals surface area contributed by atoms with E-state index in [0.717, 1.165) is 5.57 Å². The second kappa shape index (κ2) is 4.57. The Balaban J connectivity index is 2.40. The van der Waals surface area contributed by atoms with E-state index in [4.69, 9.17) is 21.1 Å². The Morgan fingerprint density at radius 2 is 2.27 bits per heavy atom. The van der Waals surface area contributed by atoms with Crippen molar-refractivity contribution in [1.82, 2.24) is 0 Å². The first-order valence-electron chi connectivity index (χ1n) is 4.72. The number of carbonyl (C=O) groups is 1. The highest BCUT2D eigenvalue weighted by atomic mass is 16.5. The lowest BCUT2D eigenvalue weighted by atomic mass is 9.97. The number of aliphatic carboxylic acids is 1. The van der Waals surface area contributed by atoms with Crippen LogP contribution >= 0.6 is 0 Å². The van der Waals surface area contributed by atoms with Crippen LogP contribution in [0.5, 0.6) is 0 Å². The zero-order chi connectivity index (χ0) is 11.5. The first kappa shape index (κ1) is 11.9. The maximum absolute atomic E-state index is 10.4. The summed E-state index contributed by atoms with van der Waals surface area (Å²) in [6, 6.07) is -0.866. The van der Waals surface area contributed by atoms with Crippen molar-refractivity contribution < 1.29 is 20.1 Å². The monoisotopic (exact) mass is 213 g/mol. The number of hydrogen-bond acceptors (Lipinski definition) is 4. The van der Waals surface area contributed by atoms with Crippen LogP contribution in [0.3, 0.4) is 0 Å². The minimum absolute atomic E-state index is 0.126. The standard InChI is InChI=1S/C10H15NO4/c11-8(9(12)13)2-1-7-3-5-10(14,15)6-4-7/h3-5,8,14-15H,1-2,6,11H2,(H,12,13)/t8-/m0/s1. The van der Waals surface area contributed by atoms with Crippen LogP contribution in [0.2, 0.25) is 0 Å². The largest absolute Gasteiger partial charge is 0.480 e. The van der Waals surface area contributed by atoms with Crippen molar-refractivity contribution in [2.75, 3.05) is 0 Å². The van der Waals surface area contributed by atoms with Crippen LogP contribution in [-0.4, -0.2) is 33.1 Å². The molecule has 0 amide bonds. The molecule has 0 bridgehead atoms. The lowest BCUT2D eigenvalue weighted by Gasteiger charge is -2.20. The molecular weight excluding hydrogens is 198 g/mol. The Labute approximate surface area is 87.5 Å². The van der Waals surface area contributed by atoms with E-state index in [2.05, 4.69) is 0 Å². The number of carboxylic acids is 1. The van der Waals surface area contributed by atoms with Gasteiger partial charge in [0.1, 0.15) is 6.04 Å². The first-order chi connectivity index (χ1) is 6.91. The van der Waals surface area contributed by atoms with Crippen LogP contribution in [0.25, 0.3) is 0 Å². The second-order valence-electron chi connectivity index (χ2n) is 3.68. The van der Waals surface area contributed by atoms with Gasteiger partial charge in [0, 0.05) is 6.42 Å². The van der Waals surface area contributed by atoms with E-state index in [9.17, 15) is 4.79 Å². The lowest BCUT2D eigenvalue weighted by Crippen LogP contribution is -2.30. The van der Waals surface area contributed by atoms with Gasteiger partial charge in [0.25, 0.3) is 0 Å². The predicted octanol–water partition coefficient (Wildman–Crippen LogP) is -0.254. The highest BCUT2D eigenvalue weighted by Crippen LogP contribution is 2.21. The van der Waals surface area contributed by atoms with Gasteiger partial charge in [-0.15, -0.1) is 0 Å². The maximum atomic E-state index is 10.4. The van der Waals surface area contributed by atoms with E-state index in [0.29, 0.717) is 12.8 Å². The van der Waals surface area contributed by atoms with Crippen molar-refractivity contribution in [2.24, 2.45) is 5.73 Å². The van der Waals surface area contributed by atoms with E-state index < -0.39 is 17.8 Å². The number of rotatable bonds is 4. The average molecular weight is 213 g/mol. The summed E-state index contributed by atoms with van der Waals surface area (Å²) in [5.41, 5.74) is 6.22. The molecule has 0 fully saturated rings. The topological polar surface area (TPSA) is 104 Å². The Bertz CT molecular complexity index is 307. The molecule has 0 unspecified atom stereocenters. The molecule has 0 saturated heterocycles. The summed E-state index contributed by atoms with van der Waals surface area (Å²) >= 11 is 0. The highest BCUT2D eigenvalue weighted by molar-refractivity contribution is 5.73. The average Bonchev–Trinajstić information content (AvgIpc) is 2.15. The van der Waals surface area contributed by atoms with Gasteiger partial charge in [-0.3, -0.25) is 4.79 Å². The zero-order valence-electron chi connectivity index (χ0n) is 8.26. The van der Waals surface area contributed by atoms with Crippen molar-refractivity contribution in [3.8, 4) is 0 Å². The molecule has 1 rings (SSSR count). The molecule has 1 aliphatic carbocycles. The van der Waals surface area contributed by atoms with Gasteiger partial charge in [-0.05, 0) is 18.9 Å². The summed E-state index contributed by atoms with van der Waals surface area (Å²) in [5.74, 6) is -2.78. The van der Waals surface area contributed by atoms with E-state index in [1.807, 2.05) is 0 Å². The number of carboxylic acid groups (broad SMARTS) is 1. The van der Waals surface area contributed by atoms with E-state index in [1.165, 1.54) is 6.08 Å². The van der Waals surface area contributed by atoms with Crippen LogP contribution < -0.4 is 5.73 Å². The molecule has 15 heavy (non-hydrogen) atoms. The van der Waals surface area contributed by atoms with Crippen LogP contribution in [0.4, 0.5) is 0 Å². The van der Waals surface area contributed by atoms with Crippen molar-refractivity contribution in [3.63, 3.8) is 0 Å². The third-order valence-corrected chi connectivity index (χ3v) is 2.29. The van der Waals surface area contributed by atoms with Crippen LogP contribution in [0, 0.1) is 0 Å². The third kappa shape index (κ3) is 3.83. The summed E-state index contributed by atoms with van der Waals surface area (Å²) in [4.78, 5) is 10.4. The summed E-state index contributed by atoms with van der Waals surface area (Å²) in [6.07, 6.45) is 5.54.